The molecule has 1 amide bonds. The summed E-state index contributed by atoms with van der Waals surface area (Å²) in [5.41, 5.74) is -1.57. The van der Waals surface area contributed by atoms with Crippen molar-refractivity contribution >= 4 is 5.91 Å². The number of alkyl halides is 3. The van der Waals surface area contributed by atoms with Crippen LogP contribution in [0.4, 0.5) is 17.6 Å². The fraction of sp³-hybridized carbons (Fsp3) is 0.533. The normalized spacial score (nSPS) is 22.9. The van der Waals surface area contributed by atoms with Gasteiger partial charge in [0.1, 0.15) is 5.82 Å². The summed E-state index contributed by atoms with van der Waals surface area (Å²) in [5.74, 6) is -1.34. The predicted molar refractivity (Wildman–Crippen MR) is 70.3 cm³/mol. The molecule has 0 atom stereocenters. The Morgan fingerprint density at radius 3 is 2.38 bits per heavy atom. The molecule has 21 heavy (non-hydrogen) atoms. The van der Waals surface area contributed by atoms with E-state index in [1.165, 1.54) is 0 Å². The molecule has 1 aliphatic carbocycles. The highest BCUT2D eigenvalue weighted by Gasteiger charge is 2.34. The number of hydrogen-bond acceptors (Lipinski definition) is 1. The third-order valence-corrected chi connectivity index (χ3v) is 3.89. The maximum absolute atomic E-state index is 13.2. The molecule has 0 saturated heterocycles. The lowest BCUT2D eigenvalue weighted by Gasteiger charge is -2.27. The average Bonchev–Trinajstić information content (AvgIpc) is 2.40. The van der Waals surface area contributed by atoms with Crippen LogP contribution >= 0.6 is 0 Å². The number of rotatable bonds is 2. The van der Waals surface area contributed by atoms with Gasteiger partial charge in [-0.1, -0.05) is 6.92 Å². The highest BCUT2D eigenvalue weighted by Crippen LogP contribution is 2.32. The molecule has 0 radical (unpaired) electrons. The number of amides is 1. The third-order valence-electron chi connectivity index (χ3n) is 3.89. The fourth-order valence-electron chi connectivity index (χ4n) is 2.56. The Morgan fingerprint density at radius 1 is 1.19 bits per heavy atom. The van der Waals surface area contributed by atoms with Gasteiger partial charge in [0, 0.05) is 11.6 Å². The van der Waals surface area contributed by atoms with Crippen LogP contribution < -0.4 is 5.32 Å². The molecule has 2 rings (SSSR count). The van der Waals surface area contributed by atoms with Gasteiger partial charge in [-0.15, -0.1) is 0 Å². The molecule has 1 aromatic rings. The van der Waals surface area contributed by atoms with Gasteiger partial charge in [0.15, 0.2) is 0 Å². The van der Waals surface area contributed by atoms with E-state index in [1.54, 1.807) is 0 Å². The van der Waals surface area contributed by atoms with Crippen molar-refractivity contribution in [2.24, 2.45) is 5.92 Å². The first-order valence-electron chi connectivity index (χ1n) is 6.95. The zero-order chi connectivity index (χ0) is 15.6. The fourth-order valence-corrected chi connectivity index (χ4v) is 2.56. The molecule has 1 fully saturated rings. The molecule has 2 nitrogen and oxygen atoms in total. The van der Waals surface area contributed by atoms with E-state index >= 15 is 0 Å². The molecular formula is C15H17F4NO. The Labute approximate surface area is 120 Å². The lowest BCUT2D eigenvalue weighted by molar-refractivity contribution is -0.140. The van der Waals surface area contributed by atoms with Gasteiger partial charge < -0.3 is 5.32 Å². The van der Waals surface area contributed by atoms with Crippen molar-refractivity contribution < 1.29 is 22.4 Å². The monoisotopic (exact) mass is 303 g/mol. The summed E-state index contributed by atoms with van der Waals surface area (Å²) in [6, 6.07) is 2.30. The van der Waals surface area contributed by atoms with Crippen molar-refractivity contribution in [1.29, 1.82) is 0 Å². The van der Waals surface area contributed by atoms with Gasteiger partial charge in [-0.3, -0.25) is 4.79 Å². The highest BCUT2D eigenvalue weighted by atomic mass is 19.4. The maximum atomic E-state index is 13.2. The van der Waals surface area contributed by atoms with E-state index in [-0.39, 0.29) is 11.6 Å². The number of carbonyl (C=O) groups is 1. The molecule has 6 heteroatoms. The molecule has 1 saturated carbocycles. The molecule has 1 N–H and O–H groups in total. The molecule has 0 unspecified atom stereocenters. The molecule has 0 bridgehead atoms. The summed E-state index contributed by atoms with van der Waals surface area (Å²) in [4.78, 5) is 12.0. The molecule has 0 aliphatic heterocycles. The van der Waals surface area contributed by atoms with E-state index in [4.69, 9.17) is 0 Å². The van der Waals surface area contributed by atoms with Gasteiger partial charge in [0.2, 0.25) is 0 Å². The minimum absolute atomic E-state index is 0.0203. The maximum Gasteiger partial charge on any atom is 0.419 e. The number of benzene rings is 1. The minimum atomic E-state index is -4.80. The quantitative estimate of drug-likeness (QED) is 0.817. The Hall–Kier alpha value is -1.59. The van der Waals surface area contributed by atoms with Crippen LogP contribution in [0.2, 0.25) is 0 Å². The van der Waals surface area contributed by atoms with Crippen LogP contribution in [0.1, 0.15) is 48.5 Å². The summed E-state index contributed by atoms with van der Waals surface area (Å²) >= 11 is 0. The lowest BCUT2D eigenvalue weighted by atomic mass is 9.87. The van der Waals surface area contributed by atoms with Crippen LogP contribution in [0.25, 0.3) is 0 Å². The highest BCUT2D eigenvalue weighted by molar-refractivity contribution is 5.94. The molecule has 0 spiro atoms. The Bertz CT molecular complexity index is 519. The van der Waals surface area contributed by atoms with Gasteiger partial charge in [-0.25, -0.2) is 4.39 Å². The SMILES string of the molecule is CC1CCC(NC(=O)c2ccc(F)c(C(F)(F)F)c2)CC1. The zero-order valence-electron chi connectivity index (χ0n) is 11.6. The van der Waals surface area contributed by atoms with E-state index in [9.17, 15) is 22.4 Å². The molecule has 0 aromatic heterocycles. The minimum Gasteiger partial charge on any atom is -0.349 e. The summed E-state index contributed by atoms with van der Waals surface area (Å²) in [6.07, 6.45) is -1.19. The van der Waals surface area contributed by atoms with Crippen molar-refractivity contribution in [2.45, 2.75) is 44.8 Å². The van der Waals surface area contributed by atoms with Gasteiger partial charge in [0.05, 0.1) is 5.56 Å². The second-order valence-electron chi connectivity index (χ2n) is 5.62. The van der Waals surface area contributed by atoms with E-state index in [2.05, 4.69) is 12.2 Å². The molecule has 116 valence electrons. The predicted octanol–water partition coefficient (Wildman–Crippen LogP) is 4.15. The van der Waals surface area contributed by atoms with E-state index in [1.807, 2.05) is 0 Å². The Balaban J connectivity index is 2.09. The first-order valence-corrected chi connectivity index (χ1v) is 6.95. The standard InChI is InChI=1S/C15H17F4NO/c1-9-2-5-11(6-3-9)20-14(21)10-4-7-13(16)12(8-10)15(17,18)19/h4,7-9,11H,2-3,5-6H2,1H3,(H,20,21). The second kappa shape index (κ2) is 6.03. The van der Waals surface area contributed by atoms with Crippen molar-refractivity contribution in [3.63, 3.8) is 0 Å². The number of halogens is 4. The van der Waals surface area contributed by atoms with E-state index in [0.717, 1.165) is 31.7 Å². The molecule has 1 aliphatic rings. The van der Waals surface area contributed by atoms with E-state index < -0.39 is 23.5 Å². The largest absolute Gasteiger partial charge is 0.419 e. The Kier molecular flexibility index (Phi) is 4.54. The molecular weight excluding hydrogens is 286 g/mol. The van der Waals surface area contributed by atoms with Crippen LogP contribution in [-0.2, 0) is 6.18 Å². The van der Waals surface area contributed by atoms with Crippen LogP contribution in [-0.4, -0.2) is 11.9 Å². The van der Waals surface area contributed by atoms with Crippen molar-refractivity contribution in [1.82, 2.24) is 5.32 Å². The van der Waals surface area contributed by atoms with Crippen molar-refractivity contribution in [3.8, 4) is 0 Å². The van der Waals surface area contributed by atoms with Crippen LogP contribution in [0.15, 0.2) is 18.2 Å². The van der Waals surface area contributed by atoms with Gasteiger partial charge in [0.25, 0.3) is 5.91 Å². The topological polar surface area (TPSA) is 29.1 Å². The molecule has 1 aromatic carbocycles. The van der Waals surface area contributed by atoms with Crippen molar-refractivity contribution in [3.05, 3.63) is 35.1 Å². The summed E-state index contributed by atoms with van der Waals surface area (Å²) in [5, 5.41) is 2.73. The lowest BCUT2D eigenvalue weighted by Crippen LogP contribution is -2.37. The van der Waals surface area contributed by atoms with Gasteiger partial charge in [-0.05, 0) is 49.8 Å². The first-order chi connectivity index (χ1) is 9.77. The number of nitrogens with one attached hydrogen (secondary N) is 1. The number of hydrogen-bond donors (Lipinski definition) is 1. The molecule has 0 heterocycles. The average molecular weight is 303 g/mol. The zero-order valence-corrected chi connectivity index (χ0v) is 11.6. The number of carbonyl (C=O) groups excluding carboxylic acids is 1. The smallest absolute Gasteiger partial charge is 0.349 e. The van der Waals surface area contributed by atoms with E-state index in [0.29, 0.717) is 18.1 Å². The van der Waals surface area contributed by atoms with Crippen LogP contribution in [0.5, 0.6) is 0 Å². The van der Waals surface area contributed by atoms with Gasteiger partial charge >= 0.3 is 6.18 Å². The summed E-state index contributed by atoms with van der Waals surface area (Å²) in [6.45, 7) is 2.13. The third kappa shape index (κ3) is 3.95. The van der Waals surface area contributed by atoms with Crippen LogP contribution in [0, 0.1) is 11.7 Å². The first kappa shape index (κ1) is 15.8. The summed E-state index contributed by atoms with van der Waals surface area (Å²) < 4.78 is 51.0. The van der Waals surface area contributed by atoms with Crippen molar-refractivity contribution in [2.75, 3.05) is 0 Å². The van der Waals surface area contributed by atoms with Gasteiger partial charge in [-0.2, -0.15) is 13.2 Å². The second-order valence-corrected chi connectivity index (χ2v) is 5.62. The Morgan fingerprint density at radius 2 is 1.81 bits per heavy atom. The summed E-state index contributed by atoms with van der Waals surface area (Å²) in [7, 11) is 0. The van der Waals surface area contributed by atoms with Crippen LogP contribution in [0.3, 0.4) is 0 Å².